The molecule has 0 saturated heterocycles. The Hall–Kier alpha value is -2.94. The first-order valence-electron chi connectivity index (χ1n) is 8.20. The van der Waals surface area contributed by atoms with Gasteiger partial charge in [-0.25, -0.2) is 17.5 Å². The molecule has 0 fully saturated rings. The Morgan fingerprint density at radius 1 is 1.26 bits per heavy atom. The minimum atomic E-state index is -4.16. The summed E-state index contributed by atoms with van der Waals surface area (Å²) >= 11 is 0. The van der Waals surface area contributed by atoms with Crippen LogP contribution in [0.2, 0.25) is 0 Å². The molecule has 0 unspecified atom stereocenters. The van der Waals surface area contributed by atoms with Crippen LogP contribution in [-0.4, -0.2) is 26.3 Å². The average Bonchev–Trinajstić information content (AvgIpc) is 2.60. The zero-order valence-corrected chi connectivity index (χ0v) is 15.2. The van der Waals surface area contributed by atoms with E-state index in [1.54, 1.807) is 6.92 Å². The normalized spacial score (nSPS) is 16.1. The minimum absolute atomic E-state index is 0.201. The van der Waals surface area contributed by atoms with E-state index in [9.17, 15) is 22.4 Å². The third kappa shape index (κ3) is 4.25. The lowest BCUT2D eigenvalue weighted by Crippen LogP contribution is -2.36. The number of rotatable bonds is 5. The lowest BCUT2D eigenvalue weighted by molar-refractivity contribution is -0.123. The van der Waals surface area contributed by atoms with Gasteiger partial charge in [0.1, 0.15) is 11.6 Å². The molecule has 1 atom stereocenters. The van der Waals surface area contributed by atoms with Gasteiger partial charge in [-0.1, -0.05) is 19.1 Å². The first-order chi connectivity index (χ1) is 12.8. The first-order valence-corrected chi connectivity index (χ1v) is 9.68. The number of carbonyl (C=O) groups is 2. The van der Waals surface area contributed by atoms with Crippen molar-refractivity contribution in [3.8, 4) is 5.75 Å². The zero-order valence-electron chi connectivity index (χ0n) is 14.4. The summed E-state index contributed by atoms with van der Waals surface area (Å²) in [6.07, 6.45) is -0.451. The van der Waals surface area contributed by atoms with Crippen LogP contribution >= 0.6 is 0 Å². The molecule has 2 amide bonds. The van der Waals surface area contributed by atoms with Crippen LogP contribution < -0.4 is 14.8 Å². The largest absolute Gasteiger partial charge is 0.478 e. The topological polar surface area (TPSA) is 102 Å². The highest BCUT2D eigenvalue weighted by molar-refractivity contribution is 7.90. The van der Waals surface area contributed by atoms with Gasteiger partial charge in [-0.2, -0.15) is 0 Å². The molecular weight excluding hydrogens is 375 g/mol. The number of hydrogen-bond acceptors (Lipinski definition) is 5. The van der Waals surface area contributed by atoms with E-state index >= 15 is 0 Å². The van der Waals surface area contributed by atoms with Crippen molar-refractivity contribution in [2.75, 3.05) is 5.32 Å². The number of nitrogens with one attached hydrogen (secondary N) is 2. The van der Waals surface area contributed by atoms with E-state index in [1.165, 1.54) is 36.4 Å². The molecule has 0 saturated carbocycles. The third-order valence-electron chi connectivity index (χ3n) is 3.95. The highest BCUT2D eigenvalue weighted by Gasteiger charge is 2.28. The van der Waals surface area contributed by atoms with E-state index in [1.807, 2.05) is 4.72 Å². The predicted molar refractivity (Wildman–Crippen MR) is 95.2 cm³/mol. The standard InChI is InChI=1S/C18H17FN2O5S/c1-2-15-18(23)20-14-10-13(6-7-16(14)26-15)27(24,25)21-17(22)9-11-4-3-5-12(19)8-11/h3-8,10,15H,2,9H2,1H3,(H,20,23)(H,21,22)/t15-/m1/s1. The van der Waals surface area contributed by atoms with Gasteiger partial charge in [0.2, 0.25) is 5.91 Å². The summed E-state index contributed by atoms with van der Waals surface area (Å²) in [6.45, 7) is 1.79. The Balaban J connectivity index is 1.76. The van der Waals surface area contributed by atoms with Gasteiger partial charge in [0.15, 0.2) is 6.10 Å². The Bertz CT molecular complexity index is 1010. The summed E-state index contributed by atoms with van der Waals surface area (Å²) in [7, 11) is -4.16. The van der Waals surface area contributed by atoms with Crippen molar-refractivity contribution < 1.29 is 27.1 Å². The summed E-state index contributed by atoms with van der Waals surface area (Å²) in [5.41, 5.74) is 0.560. The number of fused-ring (bicyclic) bond motifs is 1. The van der Waals surface area contributed by atoms with Crippen molar-refractivity contribution >= 4 is 27.5 Å². The number of hydrogen-bond donors (Lipinski definition) is 2. The van der Waals surface area contributed by atoms with Gasteiger partial charge < -0.3 is 10.1 Å². The van der Waals surface area contributed by atoms with Crippen molar-refractivity contribution in [1.29, 1.82) is 0 Å². The maximum atomic E-state index is 13.2. The van der Waals surface area contributed by atoms with Gasteiger partial charge in [-0.05, 0) is 42.3 Å². The fraction of sp³-hybridized carbons (Fsp3) is 0.222. The molecule has 0 bridgehead atoms. The van der Waals surface area contributed by atoms with Crippen LogP contribution in [0.3, 0.4) is 0 Å². The van der Waals surface area contributed by atoms with E-state index in [0.29, 0.717) is 17.7 Å². The monoisotopic (exact) mass is 392 g/mol. The summed E-state index contributed by atoms with van der Waals surface area (Å²) in [5, 5.41) is 2.59. The SMILES string of the molecule is CC[C@H]1Oc2ccc(S(=O)(=O)NC(=O)Cc3cccc(F)c3)cc2NC1=O. The molecule has 27 heavy (non-hydrogen) atoms. The molecule has 1 heterocycles. The van der Waals surface area contributed by atoms with Crippen LogP contribution in [0, 0.1) is 5.82 Å². The Labute approximate surface area is 155 Å². The van der Waals surface area contributed by atoms with Crippen LogP contribution in [0.15, 0.2) is 47.4 Å². The van der Waals surface area contributed by atoms with Crippen molar-refractivity contribution in [2.45, 2.75) is 30.8 Å². The van der Waals surface area contributed by atoms with Crippen molar-refractivity contribution in [2.24, 2.45) is 0 Å². The number of benzene rings is 2. The lowest BCUT2D eigenvalue weighted by atomic mass is 10.1. The Morgan fingerprint density at radius 2 is 2.04 bits per heavy atom. The Morgan fingerprint density at radius 3 is 2.74 bits per heavy atom. The van der Waals surface area contributed by atoms with Crippen LogP contribution in [-0.2, 0) is 26.0 Å². The number of carbonyl (C=O) groups excluding carboxylic acids is 2. The molecule has 1 aliphatic rings. The minimum Gasteiger partial charge on any atom is -0.478 e. The van der Waals surface area contributed by atoms with Gasteiger partial charge in [-0.3, -0.25) is 9.59 Å². The summed E-state index contributed by atoms with van der Waals surface area (Å²) in [5.74, 6) is -1.33. The van der Waals surface area contributed by atoms with Gasteiger partial charge in [0, 0.05) is 0 Å². The van der Waals surface area contributed by atoms with Gasteiger partial charge in [0.25, 0.3) is 15.9 Å². The number of anilines is 1. The summed E-state index contributed by atoms with van der Waals surface area (Å²) in [6, 6.07) is 9.25. The van der Waals surface area contributed by atoms with Crippen molar-refractivity contribution in [1.82, 2.24) is 4.72 Å². The number of halogens is 1. The van der Waals surface area contributed by atoms with Crippen molar-refractivity contribution in [3.05, 3.63) is 53.8 Å². The van der Waals surface area contributed by atoms with Gasteiger partial charge >= 0.3 is 0 Å². The first kappa shape index (κ1) is 18.8. The second kappa shape index (κ2) is 7.36. The molecule has 0 aliphatic carbocycles. The molecule has 7 nitrogen and oxygen atoms in total. The second-order valence-corrected chi connectivity index (χ2v) is 7.68. The zero-order chi connectivity index (χ0) is 19.6. The van der Waals surface area contributed by atoms with Crippen LogP contribution in [0.4, 0.5) is 10.1 Å². The van der Waals surface area contributed by atoms with E-state index < -0.39 is 27.9 Å². The summed E-state index contributed by atoms with van der Waals surface area (Å²) in [4.78, 5) is 23.7. The highest BCUT2D eigenvalue weighted by atomic mass is 32.2. The molecule has 0 spiro atoms. The molecule has 0 aromatic heterocycles. The molecule has 0 radical (unpaired) electrons. The predicted octanol–water partition coefficient (Wildman–Crippen LogP) is 1.98. The molecule has 2 aromatic rings. The third-order valence-corrected chi connectivity index (χ3v) is 5.32. The van der Waals surface area contributed by atoms with Gasteiger partial charge in [0.05, 0.1) is 17.0 Å². The quantitative estimate of drug-likeness (QED) is 0.810. The molecule has 142 valence electrons. The summed E-state index contributed by atoms with van der Waals surface area (Å²) < 4.78 is 45.5. The number of amides is 2. The highest BCUT2D eigenvalue weighted by Crippen LogP contribution is 2.32. The second-order valence-electron chi connectivity index (χ2n) is 6.00. The molecule has 1 aliphatic heterocycles. The fourth-order valence-electron chi connectivity index (χ4n) is 2.64. The molecule has 9 heteroatoms. The maximum absolute atomic E-state index is 13.2. The number of sulfonamides is 1. The van der Waals surface area contributed by atoms with Crippen LogP contribution in [0.25, 0.3) is 0 Å². The smallest absolute Gasteiger partial charge is 0.265 e. The Kier molecular flexibility index (Phi) is 5.13. The van der Waals surface area contributed by atoms with Crippen LogP contribution in [0.1, 0.15) is 18.9 Å². The van der Waals surface area contributed by atoms with E-state index in [4.69, 9.17) is 4.74 Å². The lowest BCUT2D eigenvalue weighted by Gasteiger charge is -2.25. The van der Waals surface area contributed by atoms with E-state index in [-0.39, 0.29) is 22.9 Å². The molecule has 2 N–H and O–H groups in total. The van der Waals surface area contributed by atoms with Crippen molar-refractivity contribution in [3.63, 3.8) is 0 Å². The molecular formula is C18H17FN2O5S. The maximum Gasteiger partial charge on any atom is 0.265 e. The van der Waals surface area contributed by atoms with E-state index in [0.717, 1.165) is 6.07 Å². The van der Waals surface area contributed by atoms with Gasteiger partial charge in [-0.15, -0.1) is 0 Å². The fourth-order valence-corrected chi connectivity index (χ4v) is 3.65. The van der Waals surface area contributed by atoms with Crippen LogP contribution in [0.5, 0.6) is 5.75 Å². The molecule has 3 rings (SSSR count). The number of ether oxygens (including phenoxy) is 1. The molecule has 2 aromatic carbocycles. The van der Waals surface area contributed by atoms with E-state index in [2.05, 4.69) is 5.32 Å². The average molecular weight is 392 g/mol.